The van der Waals surface area contributed by atoms with Gasteiger partial charge in [-0.1, -0.05) is 12.1 Å². The van der Waals surface area contributed by atoms with Crippen LogP contribution in [-0.2, 0) is 10.2 Å². The molecule has 0 saturated carbocycles. The minimum Gasteiger partial charge on any atom is -0.477 e. The van der Waals surface area contributed by atoms with Crippen molar-refractivity contribution in [2.45, 2.75) is 32.5 Å². The average Bonchev–Trinajstić information content (AvgIpc) is 3.31. The van der Waals surface area contributed by atoms with Crippen LogP contribution in [0.25, 0.3) is 10.6 Å². The van der Waals surface area contributed by atoms with Crippen LogP contribution in [0, 0.1) is 6.92 Å². The molecule has 0 atom stereocenters. The second-order valence-corrected chi connectivity index (χ2v) is 8.82. The number of pyridine rings is 1. The van der Waals surface area contributed by atoms with Crippen molar-refractivity contribution < 1.29 is 33.0 Å². The minimum atomic E-state index is -3.74. The van der Waals surface area contributed by atoms with Gasteiger partial charge in [0, 0.05) is 0 Å². The van der Waals surface area contributed by atoms with E-state index in [4.69, 9.17) is 5.11 Å². The summed E-state index contributed by atoms with van der Waals surface area (Å²) in [6.07, 6.45) is -3.74. The number of aromatic nitrogens is 1. The first-order chi connectivity index (χ1) is 15.0. The van der Waals surface area contributed by atoms with E-state index in [-0.39, 0.29) is 22.2 Å². The predicted octanol–water partition coefficient (Wildman–Crippen LogP) is 5.05. The van der Waals surface area contributed by atoms with Crippen molar-refractivity contribution in [3.8, 4) is 22.1 Å². The summed E-state index contributed by atoms with van der Waals surface area (Å²) in [5.41, 5.74) is 0.718. The van der Waals surface area contributed by atoms with Crippen molar-refractivity contribution in [3.63, 3.8) is 0 Å². The molecule has 2 N–H and O–H groups in total. The van der Waals surface area contributed by atoms with Crippen molar-refractivity contribution in [3.05, 3.63) is 58.5 Å². The van der Waals surface area contributed by atoms with Gasteiger partial charge in [0.15, 0.2) is 11.5 Å². The number of rotatable bonds is 5. The third kappa shape index (κ3) is 4.01. The first-order valence-electron chi connectivity index (χ1n) is 9.49. The van der Waals surface area contributed by atoms with E-state index in [9.17, 15) is 18.4 Å². The summed E-state index contributed by atoms with van der Waals surface area (Å²) < 4.78 is 35.5. The van der Waals surface area contributed by atoms with Crippen LogP contribution in [0.2, 0.25) is 0 Å². The van der Waals surface area contributed by atoms with Gasteiger partial charge in [-0.3, -0.25) is 4.79 Å². The number of anilines is 1. The van der Waals surface area contributed by atoms with Crippen LogP contribution in [0.1, 0.15) is 34.6 Å². The van der Waals surface area contributed by atoms with Gasteiger partial charge in [-0.05, 0) is 62.2 Å². The maximum Gasteiger partial charge on any atom is 0.586 e. The van der Waals surface area contributed by atoms with Crippen molar-refractivity contribution in [1.82, 2.24) is 4.98 Å². The maximum atomic E-state index is 13.3. The summed E-state index contributed by atoms with van der Waals surface area (Å²) in [6, 6.07) is 10.8. The molecule has 0 bridgehead atoms. The van der Waals surface area contributed by atoms with Crippen molar-refractivity contribution >= 4 is 29.0 Å². The van der Waals surface area contributed by atoms with Crippen molar-refractivity contribution in [2.75, 3.05) is 5.32 Å². The fraction of sp³-hybridized carbons (Fsp3) is 0.227. The summed E-state index contributed by atoms with van der Waals surface area (Å²) in [5, 5.41) is 11.9. The van der Waals surface area contributed by atoms with Crippen molar-refractivity contribution in [1.29, 1.82) is 0 Å². The third-order valence-corrected chi connectivity index (χ3v) is 6.16. The lowest BCUT2D eigenvalue weighted by Crippen LogP contribution is -2.35. The van der Waals surface area contributed by atoms with Gasteiger partial charge in [0.25, 0.3) is 0 Å². The lowest BCUT2D eigenvalue weighted by molar-refractivity contribution is -0.286. The number of ether oxygens (including phenoxy) is 2. The Kier molecular flexibility index (Phi) is 5.12. The number of hydrogen-bond donors (Lipinski definition) is 2. The number of thiophene rings is 1. The zero-order chi connectivity index (χ0) is 23.3. The van der Waals surface area contributed by atoms with Crippen LogP contribution in [-0.4, -0.2) is 28.3 Å². The maximum absolute atomic E-state index is 13.3. The molecule has 1 aliphatic heterocycles. The number of alkyl halides is 2. The van der Waals surface area contributed by atoms with E-state index in [1.165, 1.54) is 24.3 Å². The molecule has 10 heteroatoms. The van der Waals surface area contributed by atoms with E-state index >= 15 is 0 Å². The van der Waals surface area contributed by atoms with Gasteiger partial charge in [0.2, 0.25) is 5.91 Å². The van der Waals surface area contributed by atoms with Gasteiger partial charge >= 0.3 is 12.3 Å². The Morgan fingerprint density at radius 2 is 1.81 bits per heavy atom. The van der Waals surface area contributed by atoms with E-state index in [2.05, 4.69) is 19.8 Å². The van der Waals surface area contributed by atoms with Crippen LogP contribution in [0.4, 0.5) is 14.6 Å². The number of aryl methyl sites for hydroxylation is 1. The molecular weight excluding hydrogens is 442 g/mol. The summed E-state index contributed by atoms with van der Waals surface area (Å²) in [4.78, 5) is 29.5. The number of carbonyl (C=O) groups excluding carboxylic acids is 1. The highest BCUT2D eigenvalue weighted by molar-refractivity contribution is 7.17. The van der Waals surface area contributed by atoms with Crippen LogP contribution in [0.5, 0.6) is 11.5 Å². The second kappa shape index (κ2) is 7.56. The summed E-state index contributed by atoms with van der Waals surface area (Å²) in [6.45, 7) is 5.12. The standard InChI is InChI=1S/C22H18F2N2O5S/c1-11-4-9-17(25-18(11)15-7-8-16(32-15)19(27)28)26-20(29)21(2,3)12-5-6-13-14(10-12)31-22(23,24)30-13/h4-10H,1-3H3,(H,27,28)(H,25,26,29). The monoisotopic (exact) mass is 460 g/mol. The van der Waals surface area contributed by atoms with Gasteiger partial charge in [0.1, 0.15) is 10.7 Å². The summed E-state index contributed by atoms with van der Waals surface area (Å²) in [7, 11) is 0. The fourth-order valence-electron chi connectivity index (χ4n) is 3.17. The number of halogens is 2. The van der Waals surface area contributed by atoms with Gasteiger partial charge < -0.3 is 19.9 Å². The molecule has 3 heterocycles. The van der Waals surface area contributed by atoms with Crippen LogP contribution in [0.3, 0.4) is 0 Å². The Hall–Kier alpha value is -3.53. The quantitative estimate of drug-likeness (QED) is 0.553. The molecule has 2 aromatic heterocycles. The molecule has 0 fully saturated rings. The zero-order valence-electron chi connectivity index (χ0n) is 17.2. The van der Waals surface area contributed by atoms with Gasteiger partial charge in [-0.2, -0.15) is 0 Å². The Balaban J connectivity index is 1.58. The number of hydrogen-bond acceptors (Lipinski definition) is 6. The molecule has 0 aliphatic carbocycles. The van der Waals surface area contributed by atoms with E-state index in [1.54, 1.807) is 32.0 Å². The Bertz CT molecular complexity index is 1240. The first-order valence-corrected chi connectivity index (χ1v) is 10.3. The number of carboxylic acid groups (broad SMARTS) is 1. The Labute approximate surface area is 185 Å². The summed E-state index contributed by atoms with van der Waals surface area (Å²) in [5.74, 6) is -1.40. The second-order valence-electron chi connectivity index (χ2n) is 7.74. The largest absolute Gasteiger partial charge is 0.586 e. The molecule has 0 saturated heterocycles. The lowest BCUT2D eigenvalue weighted by Gasteiger charge is -2.24. The molecule has 32 heavy (non-hydrogen) atoms. The number of aromatic carboxylic acids is 1. The van der Waals surface area contributed by atoms with Crippen LogP contribution < -0.4 is 14.8 Å². The Morgan fingerprint density at radius 3 is 2.50 bits per heavy atom. The number of benzene rings is 1. The van der Waals surface area contributed by atoms with E-state index in [0.717, 1.165) is 16.9 Å². The topological polar surface area (TPSA) is 97.8 Å². The van der Waals surface area contributed by atoms with Crippen LogP contribution in [0.15, 0.2) is 42.5 Å². The Morgan fingerprint density at radius 1 is 1.09 bits per heavy atom. The average molecular weight is 460 g/mol. The number of carbonyl (C=O) groups is 2. The molecule has 166 valence electrons. The normalized spacial score (nSPS) is 14.3. The molecule has 4 rings (SSSR count). The molecule has 0 radical (unpaired) electrons. The molecule has 0 unspecified atom stereocenters. The highest BCUT2D eigenvalue weighted by Crippen LogP contribution is 2.43. The highest BCUT2D eigenvalue weighted by atomic mass is 32.1. The van der Waals surface area contributed by atoms with Crippen LogP contribution >= 0.6 is 11.3 Å². The molecule has 3 aromatic rings. The zero-order valence-corrected chi connectivity index (χ0v) is 18.0. The smallest absolute Gasteiger partial charge is 0.477 e. The van der Waals surface area contributed by atoms with Gasteiger partial charge in [-0.25, -0.2) is 9.78 Å². The molecule has 7 nitrogen and oxygen atoms in total. The molecule has 1 aliphatic rings. The number of amides is 1. The first kappa shape index (κ1) is 21.7. The number of fused-ring (bicyclic) bond motifs is 1. The molecule has 1 aromatic carbocycles. The number of carboxylic acids is 1. The fourth-order valence-corrected chi connectivity index (χ4v) is 4.07. The van der Waals surface area contributed by atoms with E-state index in [0.29, 0.717) is 16.1 Å². The van der Waals surface area contributed by atoms with E-state index in [1.807, 2.05) is 6.92 Å². The molecule has 0 spiro atoms. The summed E-state index contributed by atoms with van der Waals surface area (Å²) >= 11 is 1.09. The molecule has 1 amide bonds. The van der Waals surface area contributed by atoms with Gasteiger partial charge in [-0.15, -0.1) is 20.1 Å². The van der Waals surface area contributed by atoms with Crippen molar-refractivity contribution in [2.24, 2.45) is 0 Å². The van der Waals surface area contributed by atoms with E-state index < -0.39 is 23.6 Å². The lowest BCUT2D eigenvalue weighted by atomic mass is 9.83. The number of nitrogens with one attached hydrogen (secondary N) is 1. The SMILES string of the molecule is Cc1ccc(NC(=O)C(C)(C)c2ccc3c(c2)OC(F)(F)O3)nc1-c1ccc(C(=O)O)s1. The highest BCUT2D eigenvalue weighted by Gasteiger charge is 2.44. The number of nitrogens with zero attached hydrogens (tertiary/aromatic N) is 1. The van der Waals surface area contributed by atoms with Gasteiger partial charge in [0.05, 0.1) is 16.0 Å². The minimum absolute atomic E-state index is 0.100. The third-order valence-electron chi connectivity index (χ3n) is 5.08. The predicted molar refractivity (Wildman–Crippen MR) is 114 cm³/mol. The molecular formula is C22H18F2N2O5S.